The third-order valence-corrected chi connectivity index (χ3v) is 4.13. The van der Waals surface area contributed by atoms with Crippen molar-refractivity contribution in [3.8, 4) is 6.07 Å². The molecule has 0 N–H and O–H groups in total. The van der Waals surface area contributed by atoms with Gasteiger partial charge in [-0.1, -0.05) is 43.9 Å². The molecule has 0 aromatic rings. The molecule has 1 rings (SSSR count). The summed E-state index contributed by atoms with van der Waals surface area (Å²) in [6.07, 6.45) is 7.26. The van der Waals surface area contributed by atoms with Gasteiger partial charge in [-0.3, -0.25) is 0 Å². The van der Waals surface area contributed by atoms with Crippen LogP contribution in [0.25, 0.3) is 0 Å². The van der Waals surface area contributed by atoms with E-state index in [0.29, 0.717) is 6.42 Å². The van der Waals surface area contributed by atoms with E-state index in [1.807, 2.05) is 0 Å². The maximum atomic E-state index is 12.1. The van der Waals surface area contributed by atoms with Crippen LogP contribution in [0.3, 0.4) is 0 Å². The minimum atomic E-state index is -4.17. The average molecular weight is 265 g/mol. The van der Waals surface area contributed by atoms with Gasteiger partial charge in [0.2, 0.25) is 0 Å². The molecule has 1 aliphatic carbocycles. The Kier molecular flexibility index (Phi) is 5.64. The Balaban J connectivity index is 2.46. The number of thioether (sulfide) groups is 1. The number of nitrogens with zero attached hydrogens (tertiary/aromatic N) is 1. The number of halogens is 3. The molecule has 0 amide bonds. The molecule has 0 spiro atoms. The lowest BCUT2D eigenvalue weighted by molar-refractivity contribution is -0.0329. The second-order valence-electron chi connectivity index (χ2n) is 4.70. The van der Waals surface area contributed by atoms with Gasteiger partial charge < -0.3 is 0 Å². The molecule has 0 heterocycles. The van der Waals surface area contributed by atoms with Crippen LogP contribution in [0, 0.1) is 16.7 Å². The van der Waals surface area contributed by atoms with E-state index in [2.05, 4.69) is 6.07 Å². The Bertz CT molecular complexity index is 262. The third-order valence-electron chi connectivity index (χ3n) is 3.39. The van der Waals surface area contributed by atoms with Crippen LogP contribution in [0.2, 0.25) is 0 Å². The molecule has 0 aliphatic heterocycles. The van der Waals surface area contributed by atoms with Gasteiger partial charge in [-0.25, -0.2) is 0 Å². The highest BCUT2D eigenvalue weighted by Gasteiger charge is 2.33. The number of nitriles is 1. The smallest absolute Gasteiger partial charge is 0.198 e. The summed E-state index contributed by atoms with van der Waals surface area (Å²) in [5, 5.41) is 9.25. The number of rotatable bonds is 3. The molecule has 0 unspecified atom stereocenters. The van der Waals surface area contributed by atoms with E-state index in [1.54, 1.807) is 0 Å². The zero-order chi connectivity index (χ0) is 12.8. The predicted molar refractivity (Wildman–Crippen MR) is 63.5 cm³/mol. The summed E-state index contributed by atoms with van der Waals surface area (Å²) in [5.41, 5.74) is -4.67. The summed E-state index contributed by atoms with van der Waals surface area (Å²) >= 11 is 0.00203. The van der Waals surface area contributed by atoms with Crippen molar-refractivity contribution in [3.05, 3.63) is 0 Å². The van der Waals surface area contributed by atoms with E-state index in [0.717, 1.165) is 38.5 Å². The fraction of sp³-hybridized carbons (Fsp3) is 0.917. The summed E-state index contributed by atoms with van der Waals surface area (Å²) in [5.74, 6) is 0.0110. The monoisotopic (exact) mass is 265 g/mol. The van der Waals surface area contributed by atoms with Crippen molar-refractivity contribution in [2.75, 3.05) is 5.75 Å². The molecule has 1 fully saturated rings. The first-order chi connectivity index (χ1) is 7.97. The van der Waals surface area contributed by atoms with Crippen LogP contribution in [0.1, 0.15) is 51.4 Å². The van der Waals surface area contributed by atoms with Gasteiger partial charge >= 0.3 is 5.51 Å². The van der Waals surface area contributed by atoms with E-state index in [1.165, 1.54) is 6.42 Å². The van der Waals surface area contributed by atoms with Gasteiger partial charge in [-0.15, -0.1) is 0 Å². The van der Waals surface area contributed by atoms with Crippen LogP contribution >= 0.6 is 11.8 Å². The number of hydrogen-bond acceptors (Lipinski definition) is 2. The van der Waals surface area contributed by atoms with Crippen LogP contribution in [0.4, 0.5) is 13.2 Å². The molecule has 17 heavy (non-hydrogen) atoms. The van der Waals surface area contributed by atoms with Crippen molar-refractivity contribution >= 4 is 11.8 Å². The average Bonchev–Trinajstić information content (AvgIpc) is 2.20. The van der Waals surface area contributed by atoms with Crippen molar-refractivity contribution in [2.24, 2.45) is 5.41 Å². The molecule has 0 atom stereocenters. The predicted octanol–water partition coefficient (Wildman–Crippen LogP) is 4.88. The normalized spacial score (nSPS) is 21.3. The van der Waals surface area contributed by atoms with Crippen molar-refractivity contribution in [2.45, 2.75) is 56.9 Å². The molecular formula is C12H18F3NS. The fourth-order valence-corrected chi connectivity index (χ4v) is 3.09. The number of alkyl halides is 3. The van der Waals surface area contributed by atoms with Crippen LogP contribution in [0.15, 0.2) is 0 Å². The Hall–Kier alpha value is -0.370. The van der Waals surface area contributed by atoms with Crippen molar-refractivity contribution in [1.82, 2.24) is 0 Å². The molecule has 1 saturated carbocycles. The fourth-order valence-electron chi connectivity index (χ4n) is 2.36. The van der Waals surface area contributed by atoms with Crippen molar-refractivity contribution in [1.29, 1.82) is 5.26 Å². The zero-order valence-corrected chi connectivity index (χ0v) is 10.7. The maximum Gasteiger partial charge on any atom is 0.441 e. The summed E-state index contributed by atoms with van der Waals surface area (Å²) in [6.45, 7) is 0. The van der Waals surface area contributed by atoms with E-state index in [-0.39, 0.29) is 17.5 Å². The molecule has 1 aliphatic rings. The second-order valence-corrected chi connectivity index (χ2v) is 5.86. The van der Waals surface area contributed by atoms with Crippen LogP contribution < -0.4 is 0 Å². The first-order valence-corrected chi connectivity index (χ1v) is 7.08. The van der Waals surface area contributed by atoms with Gasteiger partial charge in [0.15, 0.2) is 0 Å². The summed E-state index contributed by atoms with van der Waals surface area (Å²) < 4.78 is 36.2. The Morgan fingerprint density at radius 1 is 1.06 bits per heavy atom. The highest BCUT2D eigenvalue weighted by atomic mass is 32.2. The lowest BCUT2D eigenvalue weighted by Gasteiger charge is -2.28. The largest absolute Gasteiger partial charge is 0.441 e. The Morgan fingerprint density at radius 3 is 2.06 bits per heavy atom. The first kappa shape index (κ1) is 14.7. The van der Waals surface area contributed by atoms with E-state index >= 15 is 0 Å². The highest BCUT2D eigenvalue weighted by Crippen LogP contribution is 2.40. The van der Waals surface area contributed by atoms with E-state index in [4.69, 9.17) is 0 Å². The standard InChI is InChI=1S/C12H18F3NS/c13-12(14,15)17-9-8-11(10-16)6-4-2-1-3-5-7-11/h1-9H2. The maximum absolute atomic E-state index is 12.1. The first-order valence-electron chi connectivity index (χ1n) is 6.09. The van der Waals surface area contributed by atoms with Gasteiger partial charge in [0, 0.05) is 5.75 Å². The van der Waals surface area contributed by atoms with Gasteiger partial charge in [0.1, 0.15) is 0 Å². The van der Waals surface area contributed by atoms with Crippen LogP contribution in [0.5, 0.6) is 0 Å². The molecule has 0 saturated heterocycles. The molecular weight excluding hydrogens is 247 g/mol. The minimum Gasteiger partial charge on any atom is -0.198 e. The topological polar surface area (TPSA) is 23.8 Å². The SMILES string of the molecule is N#CC1(CCSC(F)(F)F)CCCCCCC1. The van der Waals surface area contributed by atoms with Gasteiger partial charge in [-0.05, 0) is 19.3 Å². The molecule has 1 nitrogen and oxygen atoms in total. The highest BCUT2D eigenvalue weighted by molar-refractivity contribution is 8.00. The molecule has 5 heteroatoms. The molecule has 0 aromatic heterocycles. The van der Waals surface area contributed by atoms with Crippen LogP contribution in [-0.2, 0) is 0 Å². The van der Waals surface area contributed by atoms with Crippen LogP contribution in [-0.4, -0.2) is 11.3 Å². The van der Waals surface area contributed by atoms with E-state index in [9.17, 15) is 18.4 Å². The zero-order valence-electron chi connectivity index (χ0n) is 9.85. The second kappa shape index (κ2) is 6.53. The van der Waals surface area contributed by atoms with Gasteiger partial charge in [0.25, 0.3) is 0 Å². The van der Waals surface area contributed by atoms with Crippen molar-refractivity contribution in [3.63, 3.8) is 0 Å². The minimum absolute atomic E-state index is 0.00203. The lowest BCUT2D eigenvalue weighted by Crippen LogP contribution is -2.21. The Labute approximate surface area is 105 Å². The lowest BCUT2D eigenvalue weighted by atomic mass is 9.75. The summed E-state index contributed by atoms with van der Waals surface area (Å²) in [4.78, 5) is 0. The number of hydrogen-bond donors (Lipinski definition) is 0. The molecule has 0 aromatic carbocycles. The van der Waals surface area contributed by atoms with E-state index < -0.39 is 10.9 Å². The van der Waals surface area contributed by atoms with Gasteiger partial charge in [0.05, 0.1) is 11.5 Å². The third kappa shape index (κ3) is 5.67. The summed E-state index contributed by atoms with van der Waals surface area (Å²) in [7, 11) is 0. The molecule has 98 valence electrons. The Morgan fingerprint density at radius 2 is 1.59 bits per heavy atom. The molecule has 0 bridgehead atoms. The summed E-state index contributed by atoms with van der Waals surface area (Å²) in [6, 6.07) is 2.29. The quantitative estimate of drug-likeness (QED) is 0.725. The van der Waals surface area contributed by atoms with Gasteiger partial charge in [-0.2, -0.15) is 18.4 Å². The van der Waals surface area contributed by atoms with Crippen molar-refractivity contribution < 1.29 is 13.2 Å². The molecule has 0 radical (unpaired) electrons.